The first-order valence-corrected chi connectivity index (χ1v) is 13.8. The smallest absolute Gasteiger partial charge is 0.302 e. The highest BCUT2D eigenvalue weighted by Gasteiger charge is 2.36. The van der Waals surface area contributed by atoms with E-state index in [-0.39, 0.29) is 36.7 Å². The van der Waals surface area contributed by atoms with Crippen LogP contribution in [0.2, 0.25) is 0 Å². The van der Waals surface area contributed by atoms with Crippen molar-refractivity contribution in [2.24, 2.45) is 22.1 Å². The number of nitrogens with two attached hydrogens (primary N) is 1. The maximum absolute atomic E-state index is 12.0. The van der Waals surface area contributed by atoms with Crippen molar-refractivity contribution in [1.82, 2.24) is 10.6 Å². The molecule has 216 valence electrons. The zero-order chi connectivity index (χ0) is 28.4. The van der Waals surface area contributed by atoms with Crippen LogP contribution in [0.25, 0.3) is 0 Å². The topological polar surface area (TPSA) is 159 Å². The Morgan fingerprint density at radius 2 is 2.08 bits per heavy atom. The largest absolute Gasteiger partial charge is 0.504 e. The van der Waals surface area contributed by atoms with Crippen molar-refractivity contribution in [1.29, 1.82) is 0 Å². The SMILES string of the molecule is CN=C(N)NC[C@@]1([C@H](C)O)C#CC[C@H](Cc2ccc(O)c(OC3CCNCC3)c2)[C@@H](OC(C)=O)C[C@@H](O)CC1. The van der Waals surface area contributed by atoms with Gasteiger partial charge in [-0.25, -0.2) is 0 Å². The van der Waals surface area contributed by atoms with Crippen molar-refractivity contribution < 1.29 is 29.6 Å². The van der Waals surface area contributed by atoms with Crippen LogP contribution in [-0.4, -0.2) is 78.3 Å². The van der Waals surface area contributed by atoms with Crippen LogP contribution in [0.15, 0.2) is 23.2 Å². The number of carbonyl (C=O) groups is 1. The van der Waals surface area contributed by atoms with Crippen molar-refractivity contribution in [3.63, 3.8) is 0 Å². The third-order valence-corrected chi connectivity index (χ3v) is 7.70. The number of nitrogens with zero attached hydrogens (tertiary/aromatic N) is 1. The van der Waals surface area contributed by atoms with E-state index in [1.54, 1.807) is 20.0 Å². The first-order valence-electron chi connectivity index (χ1n) is 13.8. The molecule has 0 spiro atoms. The Bertz CT molecular complexity index is 1050. The number of rotatable bonds is 8. The van der Waals surface area contributed by atoms with Gasteiger partial charge in [0.1, 0.15) is 12.2 Å². The van der Waals surface area contributed by atoms with E-state index in [0.29, 0.717) is 31.4 Å². The third-order valence-electron chi connectivity index (χ3n) is 7.70. The van der Waals surface area contributed by atoms with Gasteiger partial charge >= 0.3 is 5.97 Å². The normalized spacial score (nSPS) is 27.5. The molecule has 0 unspecified atom stereocenters. The Balaban J connectivity index is 1.89. The van der Waals surface area contributed by atoms with Gasteiger partial charge in [0, 0.05) is 39.3 Å². The van der Waals surface area contributed by atoms with Gasteiger partial charge in [0.05, 0.1) is 17.6 Å². The lowest BCUT2D eigenvalue weighted by Crippen LogP contribution is -2.46. The van der Waals surface area contributed by atoms with Crippen LogP contribution in [0.1, 0.15) is 57.9 Å². The molecule has 39 heavy (non-hydrogen) atoms. The monoisotopic (exact) mass is 544 g/mol. The van der Waals surface area contributed by atoms with Crippen LogP contribution in [0.3, 0.4) is 0 Å². The minimum atomic E-state index is -0.844. The predicted octanol–water partition coefficient (Wildman–Crippen LogP) is 1.45. The summed E-state index contributed by atoms with van der Waals surface area (Å²) in [6.07, 6.45) is 1.59. The summed E-state index contributed by atoms with van der Waals surface area (Å²) in [5, 5.41) is 38.4. The highest BCUT2D eigenvalue weighted by Crippen LogP contribution is 2.34. The number of aliphatic hydroxyl groups excluding tert-OH is 2. The fourth-order valence-electron chi connectivity index (χ4n) is 5.21. The lowest BCUT2D eigenvalue weighted by Gasteiger charge is -2.35. The number of carbonyl (C=O) groups excluding carboxylic acids is 1. The molecule has 1 aromatic carbocycles. The molecule has 1 aliphatic carbocycles. The summed E-state index contributed by atoms with van der Waals surface area (Å²) in [5.74, 6) is 6.65. The Morgan fingerprint density at radius 3 is 2.74 bits per heavy atom. The molecular formula is C29H44N4O6. The molecule has 0 radical (unpaired) electrons. The summed E-state index contributed by atoms with van der Waals surface area (Å²) >= 11 is 0. The van der Waals surface area contributed by atoms with Gasteiger partial charge in [-0.1, -0.05) is 12.0 Å². The van der Waals surface area contributed by atoms with Crippen molar-refractivity contribution >= 4 is 11.9 Å². The molecule has 5 atom stereocenters. The van der Waals surface area contributed by atoms with Gasteiger partial charge in [0.25, 0.3) is 0 Å². The lowest BCUT2D eigenvalue weighted by molar-refractivity contribution is -0.151. The average Bonchev–Trinajstić information content (AvgIpc) is 2.90. The quantitative estimate of drug-likeness (QED) is 0.123. The summed E-state index contributed by atoms with van der Waals surface area (Å²) in [5.41, 5.74) is 5.90. The Hall–Kier alpha value is -3.00. The maximum Gasteiger partial charge on any atom is 0.302 e. The van der Waals surface area contributed by atoms with Gasteiger partial charge < -0.3 is 41.2 Å². The molecule has 1 heterocycles. The van der Waals surface area contributed by atoms with Crippen molar-refractivity contribution in [3.8, 4) is 23.3 Å². The summed E-state index contributed by atoms with van der Waals surface area (Å²) in [4.78, 5) is 15.9. The highest BCUT2D eigenvalue weighted by atomic mass is 16.5. The number of ether oxygens (including phenoxy) is 2. The summed E-state index contributed by atoms with van der Waals surface area (Å²) in [6.45, 7) is 5.08. The van der Waals surface area contributed by atoms with Gasteiger partial charge in [-0.3, -0.25) is 9.79 Å². The Kier molecular flexibility index (Phi) is 11.3. The molecule has 0 saturated carbocycles. The van der Waals surface area contributed by atoms with E-state index in [0.717, 1.165) is 31.5 Å². The van der Waals surface area contributed by atoms with Crippen LogP contribution >= 0.6 is 0 Å². The summed E-state index contributed by atoms with van der Waals surface area (Å²) in [7, 11) is 1.58. The van der Waals surface area contributed by atoms with Gasteiger partial charge in [0.2, 0.25) is 0 Å². The average molecular weight is 545 g/mol. The van der Waals surface area contributed by atoms with Crippen molar-refractivity contribution in [2.45, 2.75) is 83.2 Å². The van der Waals surface area contributed by atoms with E-state index in [9.17, 15) is 20.1 Å². The number of aromatic hydroxyl groups is 1. The molecule has 1 aromatic rings. The number of phenolic OH excluding ortho intramolecular Hbond substituents is 1. The molecule has 7 N–H and O–H groups in total. The van der Waals surface area contributed by atoms with Crippen molar-refractivity contribution in [2.75, 3.05) is 26.7 Å². The van der Waals surface area contributed by atoms with E-state index in [1.807, 2.05) is 12.1 Å². The molecule has 1 aliphatic heterocycles. The molecule has 2 aliphatic rings. The Labute approximate surface area is 231 Å². The second kappa shape index (κ2) is 14.4. The number of aliphatic hydroxyl groups is 2. The van der Waals surface area contributed by atoms with Gasteiger partial charge in [-0.15, -0.1) is 5.92 Å². The summed E-state index contributed by atoms with van der Waals surface area (Å²) in [6, 6.07) is 5.29. The van der Waals surface area contributed by atoms with Crippen LogP contribution < -0.4 is 21.1 Å². The molecule has 10 nitrogen and oxygen atoms in total. The number of nitrogens with one attached hydrogen (secondary N) is 2. The number of piperidine rings is 1. The van der Waals surface area contributed by atoms with Gasteiger partial charge in [-0.2, -0.15) is 0 Å². The second-order valence-electron chi connectivity index (χ2n) is 10.7. The van der Waals surface area contributed by atoms with Crippen molar-refractivity contribution in [3.05, 3.63) is 23.8 Å². The van der Waals surface area contributed by atoms with Crippen LogP contribution in [0.4, 0.5) is 0 Å². The number of hydrogen-bond acceptors (Lipinski definition) is 8. The van der Waals surface area contributed by atoms with Gasteiger partial charge in [0.15, 0.2) is 17.5 Å². The second-order valence-corrected chi connectivity index (χ2v) is 10.7. The number of esters is 1. The van der Waals surface area contributed by atoms with E-state index in [2.05, 4.69) is 27.5 Å². The number of guanidine groups is 1. The predicted molar refractivity (Wildman–Crippen MR) is 149 cm³/mol. The standard InChI is InChI=1S/C29H44N4O6/c1-19(34)29(18-33-28(30)31-3)11-4-5-22(26(38-20(2)35)17-23(36)8-12-29)15-21-6-7-25(37)27(16-21)39-24-9-13-32-14-10-24/h6-7,16,19,22-24,26,32,34,36-37H,5,8-10,12-15,17-18H2,1-3H3,(H3,30,31,33)/t19-,22+,23-,26-,29+/m0/s1. The molecule has 1 fully saturated rings. The van der Waals surface area contributed by atoms with Crippen LogP contribution in [0.5, 0.6) is 11.5 Å². The maximum atomic E-state index is 12.0. The summed E-state index contributed by atoms with van der Waals surface area (Å²) < 4.78 is 11.8. The van der Waals surface area contributed by atoms with Crippen LogP contribution in [0, 0.1) is 23.2 Å². The van der Waals surface area contributed by atoms with Gasteiger partial charge in [-0.05, 0) is 69.8 Å². The molecule has 0 aromatic heterocycles. The molecule has 0 amide bonds. The number of aliphatic imine (C=N–C) groups is 1. The minimum Gasteiger partial charge on any atom is -0.504 e. The zero-order valence-electron chi connectivity index (χ0n) is 23.3. The Morgan fingerprint density at radius 1 is 1.33 bits per heavy atom. The lowest BCUT2D eigenvalue weighted by atomic mass is 9.76. The zero-order valence-corrected chi connectivity index (χ0v) is 23.3. The highest BCUT2D eigenvalue weighted by molar-refractivity contribution is 5.77. The fraction of sp³-hybridized carbons (Fsp3) is 0.655. The first-order chi connectivity index (χ1) is 18.6. The molecule has 10 heteroatoms. The first kappa shape index (κ1) is 30.5. The third kappa shape index (κ3) is 9.02. The van der Waals surface area contributed by atoms with Crippen LogP contribution in [-0.2, 0) is 16.0 Å². The van der Waals surface area contributed by atoms with E-state index in [1.165, 1.54) is 6.92 Å². The van der Waals surface area contributed by atoms with E-state index >= 15 is 0 Å². The number of benzene rings is 1. The minimum absolute atomic E-state index is 0.0323. The fourth-order valence-corrected chi connectivity index (χ4v) is 5.21. The van der Waals surface area contributed by atoms with E-state index in [4.69, 9.17) is 15.2 Å². The number of hydrogen-bond donors (Lipinski definition) is 6. The number of phenols is 1. The molecular weight excluding hydrogens is 500 g/mol. The van der Waals surface area contributed by atoms with E-state index < -0.39 is 29.7 Å². The molecule has 0 bridgehead atoms. The molecule has 1 saturated heterocycles. The molecule has 3 rings (SSSR count).